The Kier molecular flexibility index (Phi) is 5.05. The average Bonchev–Trinajstić information content (AvgIpc) is 2.16. The number of nitrogens with two attached hydrogens (primary N) is 1. The van der Waals surface area contributed by atoms with E-state index in [2.05, 4.69) is 24.2 Å². The lowest BCUT2D eigenvalue weighted by Crippen LogP contribution is -2.39. The number of amides is 1. The first-order valence-electron chi connectivity index (χ1n) is 5.83. The number of carbonyl (C=O) groups is 1. The van der Waals surface area contributed by atoms with Crippen LogP contribution in [0.15, 0.2) is 0 Å². The van der Waals surface area contributed by atoms with Crippen molar-refractivity contribution in [2.24, 2.45) is 17.7 Å². The Bertz CT molecular complexity index is 198. The van der Waals surface area contributed by atoms with Gasteiger partial charge in [0.2, 0.25) is 5.91 Å². The second-order valence-corrected chi connectivity index (χ2v) is 4.88. The predicted octanol–water partition coefficient (Wildman–Crippen LogP) is 0.734. The second-order valence-electron chi connectivity index (χ2n) is 4.88. The summed E-state index contributed by atoms with van der Waals surface area (Å²) in [6.45, 7) is 7.97. The van der Waals surface area contributed by atoms with E-state index < -0.39 is 0 Å². The third-order valence-corrected chi connectivity index (χ3v) is 2.98. The molecule has 0 aromatic rings. The number of hydrogen-bond acceptors (Lipinski definition) is 3. The smallest absolute Gasteiger partial charge is 0.233 e. The van der Waals surface area contributed by atoms with Crippen LogP contribution >= 0.6 is 0 Å². The standard InChI is InChI=1S/C11H23N3O/c1-9-6-10(2)8-14(7-9)5-3-4-11(15)13-12/h9-10H,3-8,12H2,1-2H3,(H,13,15)/t9-,10-/m1/s1. The first-order chi connectivity index (χ1) is 7.11. The first kappa shape index (κ1) is 12.5. The molecule has 1 aliphatic heterocycles. The van der Waals surface area contributed by atoms with E-state index in [1.54, 1.807) is 0 Å². The monoisotopic (exact) mass is 213 g/mol. The molecule has 0 bridgehead atoms. The van der Waals surface area contributed by atoms with E-state index in [1.165, 1.54) is 19.5 Å². The summed E-state index contributed by atoms with van der Waals surface area (Å²) >= 11 is 0. The van der Waals surface area contributed by atoms with Crippen molar-refractivity contribution in [2.75, 3.05) is 19.6 Å². The fourth-order valence-electron chi connectivity index (χ4n) is 2.51. The molecule has 4 heteroatoms. The maximum atomic E-state index is 10.9. The normalized spacial score (nSPS) is 27.7. The summed E-state index contributed by atoms with van der Waals surface area (Å²) in [6.07, 6.45) is 2.78. The van der Waals surface area contributed by atoms with Crippen LogP contribution in [0.2, 0.25) is 0 Å². The number of carbonyl (C=O) groups excluding carboxylic acids is 1. The van der Waals surface area contributed by atoms with Gasteiger partial charge in [-0.25, -0.2) is 5.84 Å². The van der Waals surface area contributed by atoms with Crippen LogP contribution in [0.3, 0.4) is 0 Å². The Balaban J connectivity index is 2.17. The molecule has 2 atom stereocenters. The van der Waals surface area contributed by atoms with Crippen molar-refractivity contribution in [1.29, 1.82) is 0 Å². The van der Waals surface area contributed by atoms with Crippen LogP contribution in [-0.2, 0) is 4.79 Å². The molecule has 0 aromatic heterocycles. The van der Waals surface area contributed by atoms with Gasteiger partial charge >= 0.3 is 0 Å². The third-order valence-electron chi connectivity index (χ3n) is 2.98. The molecule has 0 radical (unpaired) electrons. The highest BCUT2D eigenvalue weighted by Gasteiger charge is 2.21. The number of hydrogen-bond donors (Lipinski definition) is 2. The van der Waals surface area contributed by atoms with Crippen LogP contribution in [-0.4, -0.2) is 30.4 Å². The Morgan fingerprint density at radius 3 is 2.53 bits per heavy atom. The Hall–Kier alpha value is -0.610. The minimum Gasteiger partial charge on any atom is -0.303 e. The van der Waals surface area contributed by atoms with Crippen molar-refractivity contribution in [3.8, 4) is 0 Å². The van der Waals surface area contributed by atoms with Gasteiger partial charge in [-0.05, 0) is 31.2 Å². The Morgan fingerprint density at radius 1 is 1.40 bits per heavy atom. The molecular formula is C11H23N3O. The van der Waals surface area contributed by atoms with Crippen LogP contribution in [0.5, 0.6) is 0 Å². The molecule has 88 valence electrons. The van der Waals surface area contributed by atoms with E-state index >= 15 is 0 Å². The van der Waals surface area contributed by atoms with Gasteiger partial charge in [0, 0.05) is 19.5 Å². The molecule has 4 nitrogen and oxygen atoms in total. The number of likely N-dealkylation sites (tertiary alicyclic amines) is 1. The van der Waals surface area contributed by atoms with Crippen LogP contribution in [0.1, 0.15) is 33.1 Å². The maximum absolute atomic E-state index is 10.9. The minimum absolute atomic E-state index is 0.0619. The fourth-order valence-corrected chi connectivity index (χ4v) is 2.51. The highest BCUT2D eigenvalue weighted by atomic mass is 16.2. The lowest BCUT2D eigenvalue weighted by molar-refractivity contribution is -0.121. The maximum Gasteiger partial charge on any atom is 0.233 e. The van der Waals surface area contributed by atoms with E-state index in [0.29, 0.717) is 6.42 Å². The van der Waals surface area contributed by atoms with Gasteiger partial charge in [-0.15, -0.1) is 0 Å². The van der Waals surface area contributed by atoms with Crippen molar-refractivity contribution in [2.45, 2.75) is 33.1 Å². The molecule has 1 amide bonds. The molecule has 0 unspecified atom stereocenters. The highest BCUT2D eigenvalue weighted by Crippen LogP contribution is 2.20. The summed E-state index contributed by atoms with van der Waals surface area (Å²) < 4.78 is 0. The largest absolute Gasteiger partial charge is 0.303 e. The summed E-state index contributed by atoms with van der Waals surface area (Å²) in [4.78, 5) is 13.4. The fraction of sp³-hybridized carbons (Fsp3) is 0.909. The van der Waals surface area contributed by atoms with Crippen LogP contribution < -0.4 is 11.3 Å². The molecule has 15 heavy (non-hydrogen) atoms. The zero-order valence-electron chi connectivity index (χ0n) is 9.83. The number of hydrazine groups is 1. The number of nitrogens with zero attached hydrogens (tertiary/aromatic N) is 1. The molecule has 0 saturated carbocycles. The lowest BCUT2D eigenvalue weighted by Gasteiger charge is -2.34. The summed E-state index contributed by atoms with van der Waals surface area (Å²) in [6, 6.07) is 0. The molecule has 1 rings (SSSR count). The molecular weight excluding hydrogens is 190 g/mol. The molecule has 1 heterocycles. The third kappa shape index (κ3) is 4.62. The summed E-state index contributed by atoms with van der Waals surface area (Å²) in [7, 11) is 0. The van der Waals surface area contributed by atoms with Crippen LogP contribution in [0, 0.1) is 11.8 Å². The van der Waals surface area contributed by atoms with Crippen LogP contribution in [0.25, 0.3) is 0 Å². The number of rotatable bonds is 4. The average molecular weight is 213 g/mol. The van der Waals surface area contributed by atoms with E-state index in [4.69, 9.17) is 5.84 Å². The Morgan fingerprint density at radius 2 is 2.00 bits per heavy atom. The molecule has 0 aliphatic carbocycles. The molecule has 0 aromatic carbocycles. The minimum atomic E-state index is -0.0619. The van der Waals surface area contributed by atoms with E-state index in [-0.39, 0.29) is 5.91 Å². The molecule has 1 fully saturated rings. The van der Waals surface area contributed by atoms with Gasteiger partial charge in [0.05, 0.1) is 0 Å². The summed E-state index contributed by atoms with van der Waals surface area (Å²) in [5.41, 5.74) is 2.16. The van der Waals surface area contributed by atoms with Crippen molar-refractivity contribution in [3.63, 3.8) is 0 Å². The van der Waals surface area contributed by atoms with Gasteiger partial charge in [0.1, 0.15) is 0 Å². The van der Waals surface area contributed by atoms with Gasteiger partial charge in [0.15, 0.2) is 0 Å². The zero-order valence-corrected chi connectivity index (χ0v) is 9.83. The first-order valence-corrected chi connectivity index (χ1v) is 5.83. The zero-order chi connectivity index (χ0) is 11.3. The summed E-state index contributed by atoms with van der Waals surface area (Å²) in [5.74, 6) is 6.54. The van der Waals surface area contributed by atoms with Gasteiger partial charge in [-0.1, -0.05) is 13.8 Å². The van der Waals surface area contributed by atoms with E-state index in [0.717, 1.165) is 24.8 Å². The van der Waals surface area contributed by atoms with Crippen LogP contribution in [0.4, 0.5) is 0 Å². The van der Waals surface area contributed by atoms with Gasteiger partial charge in [-0.2, -0.15) is 0 Å². The SMILES string of the molecule is C[C@@H]1C[C@@H](C)CN(CCCC(=O)NN)C1. The quantitative estimate of drug-likeness (QED) is 0.411. The van der Waals surface area contributed by atoms with Crippen molar-refractivity contribution in [1.82, 2.24) is 10.3 Å². The molecule has 3 N–H and O–H groups in total. The van der Waals surface area contributed by atoms with E-state index in [1.807, 2.05) is 0 Å². The van der Waals surface area contributed by atoms with Crippen molar-refractivity contribution < 1.29 is 4.79 Å². The second kappa shape index (κ2) is 6.08. The topological polar surface area (TPSA) is 58.4 Å². The Labute approximate surface area is 92.2 Å². The molecule has 0 spiro atoms. The summed E-state index contributed by atoms with van der Waals surface area (Å²) in [5, 5.41) is 0. The van der Waals surface area contributed by atoms with Gasteiger partial charge in [-0.3, -0.25) is 10.2 Å². The number of piperidine rings is 1. The number of nitrogens with one attached hydrogen (secondary N) is 1. The van der Waals surface area contributed by atoms with E-state index in [9.17, 15) is 4.79 Å². The molecule has 1 aliphatic rings. The van der Waals surface area contributed by atoms with Crippen molar-refractivity contribution in [3.05, 3.63) is 0 Å². The van der Waals surface area contributed by atoms with Crippen molar-refractivity contribution >= 4 is 5.91 Å². The van der Waals surface area contributed by atoms with Gasteiger partial charge < -0.3 is 4.90 Å². The highest BCUT2D eigenvalue weighted by molar-refractivity contribution is 5.75. The lowest BCUT2D eigenvalue weighted by atomic mass is 9.92. The van der Waals surface area contributed by atoms with Gasteiger partial charge in [0.25, 0.3) is 0 Å². The predicted molar refractivity (Wildman–Crippen MR) is 60.9 cm³/mol. The molecule has 1 saturated heterocycles.